The monoisotopic (exact) mass is 379 g/mol. The summed E-state index contributed by atoms with van der Waals surface area (Å²) in [6.45, 7) is 0. The van der Waals surface area contributed by atoms with Crippen molar-refractivity contribution in [3.05, 3.63) is 30.3 Å². The third-order valence-electron chi connectivity index (χ3n) is 3.82. The van der Waals surface area contributed by atoms with Crippen LogP contribution in [0.2, 0.25) is 4.82 Å². The second-order valence-electron chi connectivity index (χ2n) is 4.84. The summed E-state index contributed by atoms with van der Waals surface area (Å²) in [4.78, 5) is 23.9. The first-order chi connectivity index (χ1) is 11.5. The number of hydrogen-bond donors (Lipinski definition) is 0. The molecule has 0 heterocycles. The molecule has 2 rings (SSSR count). The molecule has 0 aromatic heterocycles. The maximum atomic E-state index is 12.3. The molecule has 0 saturated heterocycles. The Labute approximate surface area is 141 Å². The molecule has 1 aromatic rings. The van der Waals surface area contributed by atoms with Crippen molar-refractivity contribution >= 4 is 31.4 Å². The van der Waals surface area contributed by atoms with Gasteiger partial charge in [-0.15, -0.1) is 0 Å². The fourth-order valence-electron chi connectivity index (χ4n) is 2.57. The van der Waals surface area contributed by atoms with Crippen molar-refractivity contribution in [2.24, 2.45) is 10.8 Å². The molecule has 6 nitrogen and oxygen atoms in total. The van der Waals surface area contributed by atoms with Crippen molar-refractivity contribution < 1.29 is 20.4 Å². The average molecular weight is 378 g/mol. The summed E-state index contributed by atoms with van der Waals surface area (Å²) in [6, 6.07) is 12.7. The van der Waals surface area contributed by atoms with Gasteiger partial charge >= 0.3 is 141 Å². The molecule has 1 saturated carbocycles. The zero-order chi connectivity index (χ0) is 18.0. The molecule has 0 aliphatic heterocycles. The van der Waals surface area contributed by atoms with Crippen molar-refractivity contribution in [3.8, 4) is 12.1 Å². The molecule has 0 N–H and O–H groups in total. The molecule has 1 aromatic carbocycles. The van der Waals surface area contributed by atoms with Crippen molar-refractivity contribution in [2.45, 2.75) is 11.2 Å². The van der Waals surface area contributed by atoms with Crippen LogP contribution in [0.25, 0.3) is 0 Å². The molecule has 0 bridgehead atoms. The Morgan fingerprint density at radius 3 is 2.17 bits per heavy atom. The Morgan fingerprint density at radius 2 is 1.74 bits per heavy atom. The number of carbonyl (C=O) groups excluding carboxylic acids is 2. The van der Waals surface area contributed by atoms with Gasteiger partial charge in [-0.3, -0.25) is 0 Å². The van der Waals surface area contributed by atoms with Crippen LogP contribution in [0.3, 0.4) is 0 Å². The summed E-state index contributed by atoms with van der Waals surface area (Å²) in [7, 11) is 2.10. The molecule has 0 unspecified atom stereocenters. The maximum absolute atomic E-state index is 12.3. The number of benzene rings is 1. The fraction of sp³-hybridized carbons (Fsp3) is 0.375. The van der Waals surface area contributed by atoms with Gasteiger partial charge in [0.25, 0.3) is 0 Å². The van der Waals surface area contributed by atoms with E-state index in [1.54, 1.807) is 0 Å². The van der Waals surface area contributed by atoms with Crippen LogP contribution in [0, 0.1) is 33.5 Å². The summed E-state index contributed by atoms with van der Waals surface area (Å²) in [6.07, 6.45) is -1.29. The van der Waals surface area contributed by atoms with Crippen LogP contribution < -0.4 is 4.46 Å². The number of carbonyl (C=O) groups is 2. The number of nitriles is 2. The van der Waals surface area contributed by atoms with Crippen LogP contribution in [0.5, 0.6) is 0 Å². The summed E-state index contributed by atoms with van der Waals surface area (Å²) < 4.78 is 18.5. The first-order valence-corrected chi connectivity index (χ1v) is 8.44. The first kappa shape index (κ1) is 15.6. The molecule has 1 aliphatic rings. The summed E-state index contributed by atoms with van der Waals surface area (Å²) in [5.74, 6) is -2.17. The van der Waals surface area contributed by atoms with Gasteiger partial charge in [-0.25, -0.2) is 0 Å². The molecule has 1 fully saturated rings. The van der Waals surface area contributed by atoms with Gasteiger partial charge in [-0.2, -0.15) is 0 Å². The minimum absolute atomic E-state index is 0.454. The van der Waals surface area contributed by atoms with Gasteiger partial charge in [0.2, 0.25) is 0 Å². The number of rotatable bonds is 4. The molecule has 2 atom stereocenters. The van der Waals surface area contributed by atoms with Crippen LogP contribution in [-0.2, 0) is 19.1 Å². The SMILES string of the molecule is [2H][C@H]1[C@@H]([Se]c2ccccc2)C(C#N)(C#N)C1(C(=O)OC)C(=O)OC. The van der Waals surface area contributed by atoms with E-state index >= 15 is 0 Å². The molecular formula is C16H14N2O4Se. The van der Waals surface area contributed by atoms with Crippen LogP contribution in [0.15, 0.2) is 30.3 Å². The van der Waals surface area contributed by atoms with E-state index in [4.69, 9.17) is 1.37 Å². The van der Waals surface area contributed by atoms with Crippen molar-refractivity contribution in [2.75, 3.05) is 14.2 Å². The molecule has 0 radical (unpaired) electrons. The second-order valence-corrected chi connectivity index (χ2v) is 7.39. The van der Waals surface area contributed by atoms with E-state index in [1.807, 2.05) is 42.5 Å². The summed E-state index contributed by atoms with van der Waals surface area (Å²) in [5.41, 5.74) is -4.24. The predicted octanol–water partition coefficient (Wildman–Crippen LogP) is 0.574. The van der Waals surface area contributed by atoms with Gasteiger partial charge in [-0.1, -0.05) is 0 Å². The topological polar surface area (TPSA) is 100 Å². The van der Waals surface area contributed by atoms with Gasteiger partial charge in [0.1, 0.15) is 0 Å². The van der Waals surface area contributed by atoms with Crippen molar-refractivity contribution in [1.82, 2.24) is 0 Å². The van der Waals surface area contributed by atoms with E-state index in [1.165, 1.54) is 0 Å². The van der Waals surface area contributed by atoms with E-state index in [0.29, 0.717) is 0 Å². The number of nitrogens with zero attached hydrogens (tertiary/aromatic N) is 2. The second kappa shape index (κ2) is 6.42. The number of methoxy groups -OCH3 is 2. The Kier molecular flexibility index (Phi) is 4.34. The van der Waals surface area contributed by atoms with Crippen molar-refractivity contribution in [3.63, 3.8) is 0 Å². The van der Waals surface area contributed by atoms with Gasteiger partial charge in [-0.05, 0) is 0 Å². The Morgan fingerprint density at radius 1 is 1.22 bits per heavy atom. The van der Waals surface area contributed by atoms with Gasteiger partial charge < -0.3 is 0 Å². The standard InChI is InChI=1S/C16H14N2O4Se/c1-21-13(19)16(14(20)22-2)8-12(15(16,9-17)10-18)23-11-6-4-3-5-7-11/h3-7,12H,8H2,1-2H3/t12-/m1/s1/i8D/t8-,12+/m0. The van der Waals surface area contributed by atoms with E-state index in [0.717, 1.165) is 18.7 Å². The van der Waals surface area contributed by atoms with Crippen LogP contribution >= 0.6 is 0 Å². The van der Waals surface area contributed by atoms with Gasteiger partial charge in [0.05, 0.1) is 0 Å². The van der Waals surface area contributed by atoms with Crippen molar-refractivity contribution in [1.29, 1.82) is 10.5 Å². The third kappa shape index (κ3) is 2.30. The van der Waals surface area contributed by atoms with Gasteiger partial charge in [0.15, 0.2) is 0 Å². The summed E-state index contributed by atoms with van der Waals surface area (Å²) >= 11 is -0.454. The van der Waals surface area contributed by atoms with Crippen LogP contribution in [0.4, 0.5) is 0 Å². The van der Waals surface area contributed by atoms with E-state index in [9.17, 15) is 20.1 Å². The molecule has 7 heteroatoms. The Hall–Kier alpha value is -2.34. The predicted molar refractivity (Wildman–Crippen MR) is 80.3 cm³/mol. The quantitative estimate of drug-likeness (QED) is 0.432. The molecule has 0 amide bonds. The molecular weight excluding hydrogens is 363 g/mol. The number of ether oxygens (including phenoxy) is 2. The summed E-state index contributed by atoms with van der Waals surface area (Å²) in [5, 5.41) is 19.3. The number of esters is 2. The van der Waals surface area contributed by atoms with E-state index in [2.05, 4.69) is 9.47 Å². The normalized spacial score (nSPS) is 24.1. The average Bonchev–Trinajstić information content (AvgIpc) is 2.63. The minimum atomic E-state index is -2.25. The van der Waals surface area contributed by atoms with E-state index in [-0.39, 0.29) is 0 Å². The Balaban J connectivity index is 2.55. The molecule has 23 heavy (non-hydrogen) atoms. The zero-order valence-corrected chi connectivity index (χ0v) is 14.2. The third-order valence-corrected chi connectivity index (χ3v) is 6.53. The molecule has 0 spiro atoms. The molecule has 1 aliphatic carbocycles. The van der Waals surface area contributed by atoms with Crippen LogP contribution in [0.1, 0.15) is 7.77 Å². The Bertz CT molecular complexity index is 711. The van der Waals surface area contributed by atoms with Crippen LogP contribution in [-0.4, -0.2) is 41.1 Å². The van der Waals surface area contributed by atoms with E-state index < -0.39 is 48.9 Å². The zero-order valence-electron chi connectivity index (χ0n) is 13.5. The van der Waals surface area contributed by atoms with Gasteiger partial charge in [0, 0.05) is 0 Å². The molecule has 118 valence electrons. The first-order valence-electron chi connectivity index (χ1n) is 7.17. The number of hydrogen-bond acceptors (Lipinski definition) is 6. The fourth-order valence-corrected chi connectivity index (χ4v) is 5.40.